The second-order valence-corrected chi connectivity index (χ2v) is 6.08. The van der Waals surface area contributed by atoms with Gasteiger partial charge in [-0.15, -0.1) is 0 Å². The summed E-state index contributed by atoms with van der Waals surface area (Å²) in [6, 6.07) is 8.87. The number of pyridine rings is 1. The van der Waals surface area contributed by atoms with Gasteiger partial charge in [0.15, 0.2) is 0 Å². The number of hydrogen-bond donors (Lipinski definition) is 2. The van der Waals surface area contributed by atoms with E-state index >= 15 is 0 Å². The van der Waals surface area contributed by atoms with Crippen LogP contribution in [-0.2, 0) is 0 Å². The number of carbonyl (C=O) groups is 1. The molecule has 1 fully saturated rings. The summed E-state index contributed by atoms with van der Waals surface area (Å²) < 4.78 is 0. The van der Waals surface area contributed by atoms with Gasteiger partial charge in [-0.05, 0) is 31.3 Å². The fourth-order valence-electron chi connectivity index (χ4n) is 2.64. The smallest absolute Gasteiger partial charge is 0.323 e. The number of hydrogen-bond acceptors (Lipinski definition) is 6. The summed E-state index contributed by atoms with van der Waals surface area (Å²) in [7, 11) is 2.10. The van der Waals surface area contributed by atoms with Gasteiger partial charge in [0, 0.05) is 44.0 Å². The third-order valence-electron chi connectivity index (χ3n) is 4.17. The number of amides is 2. The minimum absolute atomic E-state index is 0.0281. The maximum absolute atomic E-state index is 12.0. The summed E-state index contributed by atoms with van der Waals surface area (Å²) in [5.41, 5.74) is 1.01. The number of rotatable bonds is 4. The summed E-state index contributed by atoms with van der Waals surface area (Å²) in [6.07, 6.45) is 1.61. The van der Waals surface area contributed by atoms with Crippen molar-refractivity contribution in [2.24, 2.45) is 0 Å². The van der Waals surface area contributed by atoms with Gasteiger partial charge in [-0.25, -0.2) is 9.78 Å². The Bertz CT molecular complexity index is 770. The monoisotopic (exact) mass is 356 g/mol. The highest BCUT2D eigenvalue weighted by Crippen LogP contribution is 2.17. The lowest BCUT2D eigenvalue weighted by Crippen LogP contribution is -2.44. The number of piperazine rings is 1. The minimum Gasteiger partial charge on any atom is -0.354 e. The fraction of sp³-hybridized carbons (Fsp3) is 0.294. The number of aromatic nitrogens is 1. The maximum Gasteiger partial charge on any atom is 0.323 e. The molecular formula is C17H20N6O3. The predicted molar refractivity (Wildman–Crippen MR) is 99.7 cm³/mol. The molecule has 3 rings (SSSR count). The number of nitrogens with one attached hydrogen (secondary N) is 2. The lowest BCUT2D eigenvalue weighted by molar-refractivity contribution is -0.384. The van der Waals surface area contributed by atoms with E-state index in [1.54, 1.807) is 12.3 Å². The van der Waals surface area contributed by atoms with Gasteiger partial charge in [-0.3, -0.25) is 10.1 Å². The Kier molecular flexibility index (Phi) is 5.28. The lowest BCUT2D eigenvalue weighted by atomic mass is 10.3. The van der Waals surface area contributed by atoms with E-state index in [4.69, 9.17) is 0 Å². The number of benzene rings is 1. The first-order chi connectivity index (χ1) is 12.5. The van der Waals surface area contributed by atoms with Gasteiger partial charge in [0.05, 0.1) is 16.8 Å². The molecule has 1 saturated heterocycles. The quantitative estimate of drug-likeness (QED) is 0.644. The van der Waals surface area contributed by atoms with Crippen molar-refractivity contribution in [3.8, 4) is 0 Å². The summed E-state index contributed by atoms with van der Waals surface area (Å²) >= 11 is 0. The molecule has 0 aliphatic carbocycles. The van der Waals surface area contributed by atoms with Crippen molar-refractivity contribution in [1.29, 1.82) is 0 Å². The average Bonchev–Trinajstić information content (AvgIpc) is 2.63. The van der Waals surface area contributed by atoms with Gasteiger partial charge in [0.2, 0.25) is 0 Å². The highest BCUT2D eigenvalue weighted by molar-refractivity contribution is 5.99. The molecule has 1 aliphatic heterocycles. The second kappa shape index (κ2) is 7.79. The fourth-order valence-corrected chi connectivity index (χ4v) is 2.64. The topological polar surface area (TPSA) is 104 Å². The van der Waals surface area contributed by atoms with E-state index in [0.29, 0.717) is 11.4 Å². The molecular weight excluding hydrogens is 336 g/mol. The molecule has 0 radical (unpaired) electrons. The van der Waals surface area contributed by atoms with Crippen LogP contribution in [0.15, 0.2) is 42.6 Å². The summed E-state index contributed by atoms with van der Waals surface area (Å²) in [5.74, 6) is 0.888. The third kappa shape index (κ3) is 4.45. The van der Waals surface area contributed by atoms with Crippen LogP contribution in [0, 0.1) is 10.1 Å². The number of nitro groups is 1. The molecule has 136 valence electrons. The first-order valence-corrected chi connectivity index (χ1v) is 8.23. The van der Waals surface area contributed by atoms with Crippen LogP contribution in [0.1, 0.15) is 0 Å². The van der Waals surface area contributed by atoms with E-state index < -0.39 is 11.0 Å². The molecule has 0 unspecified atom stereocenters. The SMILES string of the molecule is CN1CCN(c2ccc(NC(=O)Nc3ccc([N+](=O)[O-])cc3)cn2)CC1. The highest BCUT2D eigenvalue weighted by Gasteiger charge is 2.15. The van der Waals surface area contributed by atoms with E-state index in [9.17, 15) is 14.9 Å². The summed E-state index contributed by atoms with van der Waals surface area (Å²) in [6.45, 7) is 3.85. The van der Waals surface area contributed by atoms with Crippen LogP contribution in [0.3, 0.4) is 0 Å². The molecule has 0 atom stereocenters. The van der Waals surface area contributed by atoms with E-state index in [1.165, 1.54) is 24.3 Å². The molecule has 2 N–H and O–H groups in total. The van der Waals surface area contributed by atoms with Gasteiger partial charge in [-0.2, -0.15) is 0 Å². The minimum atomic E-state index is -0.489. The van der Waals surface area contributed by atoms with Crippen LogP contribution in [0.25, 0.3) is 0 Å². The number of likely N-dealkylation sites (N-methyl/N-ethyl adjacent to an activating group) is 1. The number of carbonyl (C=O) groups excluding carboxylic acids is 1. The number of urea groups is 1. The zero-order valence-corrected chi connectivity index (χ0v) is 14.4. The first-order valence-electron chi connectivity index (χ1n) is 8.23. The van der Waals surface area contributed by atoms with Gasteiger partial charge in [0.25, 0.3) is 5.69 Å². The zero-order chi connectivity index (χ0) is 18.5. The Morgan fingerprint density at radius 1 is 1.04 bits per heavy atom. The van der Waals surface area contributed by atoms with Crippen LogP contribution >= 0.6 is 0 Å². The van der Waals surface area contributed by atoms with Crippen molar-refractivity contribution in [2.75, 3.05) is 48.8 Å². The third-order valence-corrected chi connectivity index (χ3v) is 4.17. The summed E-state index contributed by atoms with van der Waals surface area (Å²) in [5, 5.41) is 15.9. The van der Waals surface area contributed by atoms with Crippen LogP contribution in [0.4, 0.5) is 27.7 Å². The molecule has 1 aromatic heterocycles. The molecule has 0 bridgehead atoms. The Hall–Kier alpha value is -3.20. The number of non-ortho nitro benzene ring substituents is 1. The number of nitrogens with zero attached hydrogens (tertiary/aromatic N) is 4. The van der Waals surface area contributed by atoms with Gasteiger partial charge in [0.1, 0.15) is 5.82 Å². The molecule has 0 spiro atoms. The van der Waals surface area contributed by atoms with Gasteiger partial charge in [-0.1, -0.05) is 0 Å². The molecule has 2 heterocycles. The summed E-state index contributed by atoms with van der Waals surface area (Å²) in [4.78, 5) is 31.1. The van der Waals surface area contributed by atoms with Crippen molar-refractivity contribution >= 4 is 28.9 Å². The number of nitro benzene ring substituents is 1. The average molecular weight is 356 g/mol. The van der Waals surface area contributed by atoms with Crippen molar-refractivity contribution in [2.45, 2.75) is 0 Å². The van der Waals surface area contributed by atoms with Crippen molar-refractivity contribution in [3.63, 3.8) is 0 Å². The van der Waals surface area contributed by atoms with E-state index in [1.807, 2.05) is 6.07 Å². The Balaban J connectivity index is 1.55. The van der Waals surface area contributed by atoms with Gasteiger partial charge >= 0.3 is 6.03 Å². The molecule has 1 aromatic carbocycles. The van der Waals surface area contributed by atoms with Crippen LogP contribution in [-0.4, -0.2) is 54.1 Å². The molecule has 9 nitrogen and oxygen atoms in total. The molecule has 1 aliphatic rings. The maximum atomic E-state index is 12.0. The van der Waals surface area contributed by atoms with Gasteiger partial charge < -0.3 is 20.4 Å². The normalized spacial score (nSPS) is 14.7. The Morgan fingerprint density at radius 2 is 1.65 bits per heavy atom. The van der Waals surface area contributed by atoms with Crippen molar-refractivity contribution in [3.05, 3.63) is 52.7 Å². The largest absolute Gasteiger partial charge is 0.354 e. The predicted octanol–water partition coefficient (Wildman–Crippen LogP) is 2.39. The Morgan fingerprint density at radius 3 is 2.23 bits per heavy atom. The van der Waals surface area contributed by atoms with Crippen LogP contribution in [0.5, 0.6) is 0 Å². The highest BCUT2D eigenvalue weighted by atomic mass is 16.6. The van der Waals surface area contributed by atoms with Crippen molar-refractivity contribution < 1.29 is 9.72 Å². The van der Waals surface area contributed by atoms with E-state index in [0.717, 1.165) is 32.0 Å². The molecule has 2 amide bonds. The van der Waals surface area contributed by atoms with Crippen molar-refractivity contribution in [1.82, 2.24) is 9.88 Å². The molecule has 26 heavy (non-hydrogen) atoms. The zero-order valence-electron chi connectivity index (χ0n) is 14.4. The lowest BCUT2D eigenvalue weighted by Gasteiger charge is -2.33. The molecule has 9 heteroatoms. The van der Waals surface area contributed by atoms with E-state index in [2.05, 4.69) is 32.5 Å². The van der Waals surface area contributed by atoms with Crippen LogP contribution in [0.2, 0.25) is 0 Å². The standard InChI is InChI=1S/C17H20N6O3/c1-21-8-10-22(11-9-21)16-7-4-14(12-18-16)20-17(24)19-13-2-5-15(6-3-13)23(25)26/h2-7,12H,8-11H2,1H3,(H2,19,20,24). The Labute approximate surface area is 150 Å². The molecule has 0 saturated carbocycles. The van der Waals surface area contributed by atoms with E-state index in [-0.39, 0.29) is 5.69 Å². The first kappa shape index (κ1) is 17.6. The number of anilines is 3. The molecule has 2 aromatic rings. The second-order valence-electron chi connectivity index (χ2n) is 6.08. The van der Waals surface area contributed by atoms with Crippen LogP contribution < -0.4 is 15.5 Å².